The van der Waals surface area contributed by atoms with Crippen molar-refractivity contribution in [3.8, 4) is 0 Å². The summed E-state index contributed by atoms with van der Waals surface area (Å²) in [5.41, 5.74) is -0.263. The van der Waals surface area contributed by atoms with Crippen LogP contribution in [0.1, 0.15) is 41.2 Å². The lowest BCUT2D eigenvalue weighted by atomic mass is 10.0. The zero-order chi connectivity index (χ0) is 15.3. The maximum Gasteiger partial charge on any atom is 0.354 e. The number of likely N-dealkylation sites (N-methyl/N-ethyl adjacent to an activating group) is 1. The second-order valence-corrected chi connectivity index (χ2v) is 5.49. The van der Waals surface area contributed by atoms with E-state index in [0.717, 1.165) is 6.42 Å². The van der Waals surface area contributed by atoms with Gasteiger partial charge in [-0.1, -0.05) is 13.8 Å². The molecular weight excluding hydrogens is 260 g/mol. The van der Waals surface area contributed by atoms with E-state index in [1.54, 1.807) is 0 Å². The Kier molecular flexibility index (Phi) is 5.69. The molecule has 1 rings (SSSR count). The minimum absolute atomic E-state index is 0.0455. The van der Waals surface area contributed by atoms with E-state index in [4.69, 9.17) is 5.11 Å². The zero-order valence-corrected chi connectivity index (χ0v) is 12.3. The van der Waals surface area contributed by atoms with Crippen LogP contribution in [0.4, 0.5) is 0 Å². The molecule has 0 spiro atoms. The highest BCUT2D eigenvalue weighted by Gasteiger charge is 2.22. The summed E-state index contributed by atoms with van der Waals surface area (Å²) in [6.45, 7) is 4.84. The minimum atomic E-state index is -1.19. The average molecular weight is 282 g/mol. The van der Waals surface area contributed by atoms with Gasteiger partial charge in [0.15, 0.2) is 11.4 Å². The Hall–Kier alpha value is -1.89. The van der Waals surface area contributed by atoms with Crippen LogP contribution in [-0.2, 0) is 0 Å². The molecule has 1 heterocycles. The van der Waals surface area contributed by atoms with Crippen LogP contribution in [0.2, 0.25) is 0 Å². The van der Waals surface area contributed by atoms with Gasteiger partial charge in [-0.05, 0) is 26.4 Å². The number of aromatic nitrogens is 2. The van der Waals surface area contributed by atoms with Crippen molar-refractivity contribution in [3.05, 3.63) is 17.7 Å². The number of amides is 1. The van der Waals surface area contributed by atoms with Gasteiger partial charge >= 0.3 is 5.97 Å². The highest BCUT2D eigenvalue weighted by molar-refractivity contribution is 6.02. The highest BCUT2D eigenvalue weighted by Crippen LogP contribution is 2.08. The van der Waals surface area contributed by atoms with Crippen molar-refractivity contribution < 1.29 is 14.7 Å². The zero-order valence-electron chi connectivity index (χ0n) is 12.3. The van der Waals surface area contributed by atoms with Crippen LogP contribution in [0.5, 0.6) is 0 Å². The standard InChI is InChI=1S/C13H22N4O3/c1-8(2)5-9(6-17(3)4)16-12(18)10-11(13(19)20)15-7-14-10/h7-9H,5-6H2,1-4H3,(H,14,15)(H,16,18)(H,19,20). The lowest BCUT2D eigenvalue weighted by Gasteiger charge is -2.23. The Bertz CT molecular complexity index is 458. The fourth-order valence-electron chi connectivity index (χ4n) is 2.07. The third-order valence-corrected chi connectivity index (χ3v) is 2.74. The molecule has 0 aliphatic rings. The predicted molar refractivity (Wildman–Crippen MR) is 74.8 cm³/mol. The topological polar surface area (TPSA) is 98.3 Å². The van der Waals surface area contributed by atoms with Gasteiger partial charge in [-0.15, -0.1) is 0 Å². The van der Waals surface area contributed by atoms with Crippen molar-refractivity contribution in [1.29, 1.82) is 0 Å². The molecule has 0 saturated carbocycles. The molecule has 7 nitrogen and oxygen atoms in total. The van der Waals surface area contributed by atoms with Gasteiger partial charge in [0.05, 0.1) is 6.33 Å². The molecule has 1 unspecified atom stereocenters. The molecule has 1 amide bonds. The molecule has 1 aromatic heterocycles. The number of aromatic amines is 1. The van der Waals surface area contributed by atoms with E-state index in [2.05, 4.69) is 29.1 Å². The van der Waals surface area contributed by atoms with E-state index in [1.165, 1.54) is 6.33 Å². The maximum atomic E-state index is 12.1. The Balaban J connectivity index is 2.79. The number of carboxylic acid groups (broad SMARTS) is 1. The number of imidazole rings is 1. The molecule has 112 valence electrons. The van der Waals surface area contributed by atoms with Crippen molar-refractivity contribution in [2.24, 2.45) is 5.92 Å². The maximum absolute atomic E-state index is 12.1. The van der Waals surface area contributed by atoms with Crippen molar-refractivity contribution in [3.63, 3.8) is 0 Å². The summed E-state index contributed by atoms with van der Waals surface area (Å²) in [4.78, 5) is 31.3. The van der Waals surface area contributed by atoms with Crippen molar-refractivity contribution >= 4 is 11.9 Å². The quantitative estimate of drug-likeness (QED) is 0.687. The first-order valence-electron chi connectivity index (χ1n) is 6.53. The van der Waals surface area contributed by atoms with E-state index < -0.39 is 11.9 Å². The van der Waals surface area contributed by atoms with Gasteiger partial charge in [-0.3, -0.25) is 4.79 Å². The monoisotopic (exact) mass is 282 g/mol. The molecule has 0 radical (unpaired) electrons. The number of hydrogen-bond acceptors (Lipinski definition) is 4. The van der Waals surface area contributed by atoms with E-state index in [-0.39, 0.29) is 17.4 Å². The molecule has 0 aliphatic heterocycles. The minimum Gasteiger partial charge on any atom is -0.477 e. The summed E-state index contributed by atoms with van der Waals surface area (Å²) in [6.07, 6.45) is 2.03. The van der Waals surface area contributed by atoms with Crippen molar-refractivity contribution in [2.75, 3.05) is 20.6 Å². The van der Waals surface area contributed by atoms with Gasteiger partial charge in [-0.2, -0.15) is 0 Å². The molecular formula is C13H22N4O3. The molecule has 1 aromatic rings. The molecule has 0 saturated heterocycles. The fraction of sp³-hybridized carbons (Fsp3) is 0.615. The number of H-pyrrole nitrogens is 1. The van der Waals surface area contributed by atoms with Gasteiger partial charge in [0.25, 0.3) is 5.91 Å². The predicted octanol–water partition coefficient (Wildman–Crippen LogP) is 0.814. The molecule has 20 heavy (non-hydrogen) atoms. The second-order valence-electron chi connectivity index (χ2n) is 5.49. The van der Waals surface area contributed by atoms with E-state index in [9.17, 15) is 9.59 Å². The Morgan fingerprint density at radius 3 is 2.60 bits per heavy atom. The van der Waals surface area contributed by atoms with Crippen molar-refractivity contribution in [2.45, 2.75) is 26.3 Å². The number of carbonyl (C=O) groups is 2. The van der Waals surface area contributed by atoms with Crippen LogP contribution in [0.15, 0.2) is 6.33 Å². The summed E-state index contributed by atoms with van der Waals surface area (Å²) in [5, 5.41) is 11.8. The van der Waals surface area contributed by atoms with Gasteiger partial charge in [0, 0.05) is 12.6 Å². The van der Waals surface area contributed by atoms with Crippen LogP contribution in [-0.4, -0.2) is 58.5 Å². The Morgan fingerprint density at radius 1 is 1.45 bits per heavy atom. The summed E-state index contributed by atoms with van der Waals surface area (Å²) in [5.74, 6) is -1.23. The van der Waals surface area contributed by atoms with E-state index in [0.29, 0.717) is 12.5 Å². The van der Waals surface area contributed by atoms with Crippen LogP contribution in [0.25, 0.3) is 0 Å². The smallest absolute Gasteiger partial charge is 0.354 e. The first-order valence-corrected chi connectivity index (χ1v) is 6.53. The molecule has 0 bridgehead atoms. The molecule has 0 fully saturated rings. The normalized spacial score (nSPS) is 12.7. The van der Waals surface area contributed by atoms with E-state index in [1.807, 2.05) is 19.0 Å². The number of aromatic carboxylic acids is 1. The lowest BCUT2D eigenvalue weighted by Crippen LogP contribution is -2.43. The molecule has 3 N–H and O–H groups in total. The second kappa shape index (κ2) is 7.04. The highest BCUT2D eigenvalue weighted by atomic mass is 16.4. The van der Waals surface area contributed by atoms with Crippen LogP contribution in [0, 0.1) is 5.92 Å². The lowest BCUT2D eigenvalue weighted by molar-refractivity contribution is 0.0684. The average Bonchev–Trinajstić information content (AvgIpc) is 2.75. The van der Waals surface area contributed by atoms with Gasteiger partial charge in [-0.25, -0.2) is 9.78 Å². The third kappa shape index (κ3) is 4.65. The summed E-state index contributed by atoms with van der Waals surface area (Å²) in [7, 11) is 3.85. The molecule has 7 heteroatoms. The summed E-state index contributed by atoms with van der Waals surface area (Å²) >= 11 is 0. The number of hydrogen-bond donors (Lipinski definition) is 3. The molecule has 1 atom stereocenters. The van der Waals surface area contributed by atoms with Crippen LogP contribution < -0.4 is 5.32 Å². The molecule has 0 aromatic carbocycles. The summed E-state index contributed by atoms with van der Waals surface area (Å²) < 4.78 is 0. The first kappa shape index (κ1) is 16.2. The number of nitrogens with one attached hydrogen (secondary N) is 2. The summed E-state index contributed by atoms with van der Waals surface area (Å²) in [6, 6.07) is -0.0455. The SMILES string of the molecule is CC(C)CC(CN(C)C)NC(=O)c1nc[nH]c1C(=O)O. The molecule has 0 aliphatic carbocycles. The largest absolute Gasteiger partial charge is 0.477 e. The number of rotatable bonds is 7. The van der Waals surface area contributed by atoms with Crippen LogP contribution >= 0.6 is 0 Å². The first-order chi connectivity index (χ1) is 9.31. The fourth-order valence-corrected chi connectivity index (χ4v) is 2.07. The van der Waals surface area contributed by atoms with Gasteiger partial charge in [0.1, 0.15) is 0 Å². The third-order valence-electron chi connectivity index (χ3n) is 2.74. The van der Waals surface area contributed by atoms with E-state index >= 15 is 0 Å². The Labute approximate surface area is 118 Å². The number of nitrogens with zero attached hydrogens (tertiary/aromatic N) is 2. The van der Waals surface area contributed by atoms with Gasteiger partial charge in [0.2, 0.25) is 0 Å². The number of carbonyl (C=O) groups excluding carboxylic acids is 1. The van der Waals surface area contributed by atoms with Gasteiger partial charge < -0.3 is 20.3 Å². The van der Waals surface area contributed by atoms with Crippen LogP contribution in [0.3, 0.4) is 0 Å². The Morgan fingerprint density at radius 2 is 2.10 bits per heavy atom. The number of carboxylic acids is 1. The van der Waals surface area contributed by atoms with Crippen molar-refractivity contribution in [1.82, 2.24) is 20.2 Å².